The minimum atomic E-state index is -3.13. The lowest BCUT2D eigenvalue weighted by Crippen LogP contribution is -2.38. The van der Waals surface area contributed by atoms with Crippen molar-refractivity contribution in [2.24, 2.45) is 11.8 Å². The second kappa shape index (κ2) is 12.9. The molecule has 0 aliphatic heterocycles. The zero-order valence-electron chi connectivity index (χ0n) is 22.1. The molecule has 0 saturated carbocycles. The number of halogens is 1. The van der Waals surface area contributed by atoms with Crippen molar-refractivity contribution in [2.45, 2.75) is 38.9 Å². The molecule has 0 radical (unpaired) electrons. The number of nitrogens with zero attached hydrogens (tertiary/aromatic N) is 3. The fourth-order valence-electron chi connectivity index (χ4n) is 4.70. The molecular formula is C30H35FN3O3P. The lowest BCUT2D eigenvalue weighted by Gasteiger charge is -2.35. The maximum Gasteiger partial charge on any atom is 0.314 e. The Labute approximate surface area is 224 Å². The van der Waals surface area contributed by atoms with E-state index in [2.05, 4.69) is 41.4 Å². The number of hydrogen-bond acceptors (Lipinski definition) is 3. The first-order valence-electron chi connectivity index (χ1n) is 12.5. The summed E-state index contributed by atoms with van der Waals surface area (Å²) in [6.07, 6.45) is 5.08. The highest BCUT2D eigenvalue weighted by atomic mass is 31.1. The van der Waals surface area contributed by atoms with Gasteiger partial charge in [0.2, 0.25) is 0 Å². The highest BCUT2D eigenvalue weighted by molar-refractivity contribution is 7.30. The standard InChI is InChI=1S/C30H32FN3.H3O3P/c1-23(2)29(31,24(3)4)21-20-28-32-22-34(33-28)30(25-14-8-5-9-15-25,26-16-10-6-11-17-26)27-18-12-7-13-19-27;1-4(2)3/h5-24H,1-4H3;4H,(H2,1,2,3). The first kappa shape index (κ1) is 29.2. The van der Waals surface area contributed by atoms with Crippen LogP contribution in [0.4, 0.5) is 4.39 Å². The molecule has 200 valence electrons. The Morgan fingerprint density at radius 3 is 1.50 bits per heavy atom. The average Bonchev–Trinajstić information content (AvgIpc) is 3.38. The Balaban J connectivity index is 0.000000934. The average molecular weight is 536 g/mol. The van der Waals surface area contributed by atoms with Gasteiger partial charge in [0.15, 0.2) is 5.82 Å². The van der Waals surface area contributed by atoms with Gasteiger partial charge in [-0.05, 0) is 40.7 Å². The van der Waals surface area contributed by atoms with E-state index in [-0.39, 0.29) is 11.8 Å². The lowest BCUT2D eigenvalue weighted by molar-refractivity contribution is 0.102. The summed E-state index contributed by atoms with van der Waals surface area (Å²) in [7, 11) is -3.13. The van der Waals surface area contributed by atoms with E-state index in [0.29, 0.717) is 5.82 Å². The van der Waals surface area contributed by atoms with E-state index < -0.39 is 19.5 Å². The Kier molecular flexibility index (Phi) is 9.92. The molecule has 1 heterocycles. The maximum atomic E-state index is 15.6. The molecule has 8 heteroatoms. The highest BCUT2D eigenvalue weighted by Crippen LogP contribution is 2.40. The molecule has 4 aromatic rings. The van der Waals surface area contributed by atoms with Crippen molar-refractivity contribution in [1.29, 1.82) is 0 Å². The number of alkyl halides is 1. The number of hydrogen-bond donors (Lipinski definition) is 2. The minimum absolute atomic E-state index is 0.150. The van der Waals surface area contributed by atoms with E-state index in [1.54, 1.807) is 18.5 Å². The number of allylic oxidation sites excluding steroid dienone is 1. The highest BCUT2D eigenvalue weighted by Gasteiger charge is 2.40. The van der Waals surface area contributed by atoms with E-state index in [4.69, 9.17) is 19.5 Å². The van der Waals surface area contributed by atoms with Crippen LogP contribution in [-0.2, 0) is 10.1 Å². The summed E-state index contributed by atoms with van der Waals surface area (Å²) in [5.74, 6) is 0.182. The normalized spacial score (nSPS) is 12.3. The molecule has 1 aromatic heterocycles. The summed E-state index contributed by atoms with van der Waals surface area (Å²) in [5, 5.41) is 4.89. The van der Waals surface area contributed by atoms with Gasteiger partial charge in [-0.2, -0.15) is 5.10 Å². The summed E-state index contributed by atoms with van der Waals surface area (Å²) >= 11 is 0. The molecule has 38 heavy (non-hydrogen) atoms. The van der Waals surface area contributed by atoms with Crippen molar-refractivity contribution in [3.8, 4) is 0 Å². The van der Waals surface area contributed by atoms with Gasteiger partial charge in [-0.1, -0.05) is 119 Å². The molecule has 0 spiro atoms. The molecule has 0 amide bonds. The zero-order valence-corrected chi connectivity index (χ0v) is 23.1. The van der Waals surface area contributed by atoms with E-state index in [9.17, 15) is 0 Å². The molecule has 2 N–H and O–H groups in total. The summed E-state index contributed by atoms with van der Waals surface area (Å²) in [6, 6.07) is 30.9. The predicted octanol–water partition coefficient (Wildman–Crippen LogP) is 6.51. The van der Waals surface area contributed by atoms with E-state index in [1.807, 2.05) is 87.0 Å². The fourth-order valence-corrected chi connectivity index (χ4v) is 4.70. The Bertz CT molecular complexity index is 1220. The van der Waals surface area contributed by atoms with Crippen molar-refractivity contribution in [2.75, 3.05) is 0 Å². The number of rotatable bonds is 8. The molecule has 3 aromatic carbocycles. The van der Waals surface area contributed by atoms with Crippen molar-refractivity contribution in [3.05, 3.63) is 126 Å². The Hall–Kier alpha value is -3.38. The third kappa shape index (κ3) is 6.36. The number of benzene rings is 3. The molecule has 4 rings (SSSR count). The minimum Gasteiger partial charge on any atom is -0.326 e. The van der Waals surface area contributed by atoms with Crippen LogP contribution < -0.4 is 0 Å². The summed E-state index contributed by atoms with van der Waals surface area (Å²) in [5.41, 5.74) is 1.04. The number of aromatic nitrogens is 3. The van der Waals surface area contributed by atoms with Gasteiger partial charge >= 0.3 is 8.25 Å². The first-order chi connectivity index (χ1) is 18.1. The molecule has 0 bridgehead atoms. The Morgan fingerprint density at radius 1 is 0.789 bits per heavy atom. The van der Waals surface area contributed by atoms with Gasteiger partial charge < -0.3 is 9.79 Å². The van der Waals surface area contributed by atoms with Crippen LogP contribution in [0, 0.1) is 11.8 Å². The van der Waals surface area contributed by atoms with Crippen LogP contribution >= 0.6 is 8.25 Å². The van der Waals surface area contributed by atoms with Crippen LogP contribution in [0.3, 0.4) is 0 Å². The quantitative estimate of drug-likeness (QED) is 0.198. The van der Waals surface area contributed by atoms with Crippen LogP contribution in [0.15, 0.2) is 103 Å². The van der Waals surface area contributed by atoms with Gasteiger partial charge in [-0.25, -0.2) is 14.1 Å². The third-order valence-electron chi connectivity index (χ3n) is 6.69. The van der Waals surface area contributed by atoms with Crippen molar-refractivity contribution < 1.29 is 18.7 Å². The molecule has 0 aliphatic carbocycles. The van der Waals surface area contributed by atoms with Crippen LogP contribution in [0.2, 0.25) is 0 Å². The topological polar surface area (TPSA) is 88.2 Å². The van der Waals surface area contributed by atoms with Gasteiger partial charge in [-0.15, -0.1) is 0 Å². The molecule has 0 saturated heterocycles. The third-order valence-corrected chi connectivity index (χ3v) is 6.69. The van der Waals surface area contributed by atoms with Crippen molar-refractivity contribution in [1.82, 2.24) is 14.8 Å². The zero-order chi connectivity index (χ0) is 27.8. The molecule has 0 fully saturated rings. The van der Waals surface area contributed by atoms with Gasteiger partial charge in [0.25, 0.3) is 0 Å². The SMILES string of the molecule is CC(C)C(F)(C=Cc1ncn(C(c2ccccc2)(c2ccccc2)c2ccccc2)n1)C(C)C.O=[PH](O)O. The second-order valence-corrected chi connectivity index (χ2v) is 10.2. The molecule has 6 nitrogen and oxygen atoms in total. The van der Waals surface area contributed by atoms with E-state index >= 15 is 4.39 Å². The first-order valence-corrected chi connectivity index (χ1v) is 13.8. The van der Waals surface area contributed by atoms with Crippen LogP contribution in [0.1, 0.15) is 50.2 Å². The van der Waals surface area contributed by atoms with Gasteiger partial charge in [0, 0.05) is 0 Å². The van der Waals surface area contributed by atoms with E-state index in [1.165, 1.54) is 0 Å². The predicted molar refractivity (Wildman–Crippen MR) is 151 cm³/mol. The van der Waals surface area contributed by atoms with Gasteiger partial charge in [0.05, 0.1) is 0 Å². The molecular weight excluding hydrogens is 500 g/mol. The second-order valence-electron chi connectivity index (χ2n) is 9.61. The molecule has 0 atom stereocenters. The van der Waals surface area contributed by atoms with Crippen LogP contribution in [0.5, 0.6) is 0 Å². The van der Waals surface area contributed by atoms with Gasteiger partial charge in [0.1, 0.15) is 17.5 Å². The summed E-state index contributed by atoms with van der Waals surface area (Å²) in [6.45, 7) is 7.62. The Morgan fingerprint density at radius 2 is 1.16 bits per heavy atom. The van der Waals surface area contributed by atoms with Crippen molar-refractivity contribution in [3.63, 3.8) is 0 Å². The van der Waals surface area contributed by atoms with Crippen LogP contribution in [-0.4, -0.2) is 30.2 Å². The fraction of sp³-hybridized carbons (Fsp3) is 0.267. The van der Waals surface area contributed by atoms with Crippen molar-refractivity contribution >= 4 is 14.3 Å². The monoisotopic (exact) mass is 535 g/mol. The summed E-state index contributed by atoms with van der Waals surface area (Å²) in [4.78, 5) is 18.9. The summed E-state index contributed by atoms with van der Waals surface area (Å²) < 4.78 is 26.3. The lowest BCUT2D eigenvalue weighted by atomic mass is 9.77. The molecule has 0 unspecified atom stereocenters. The van der Waals surface area contributed by atoms with Crippen LogP contribution in [0.25, 0.3) is 6.08 Å². The van der Waals surface area contributed by atoms with E-state index in [0.717, 1.165) is 16.7 Å². The maximum absolute atomic E-state index is 15.6. The largest absolute Gasteiger partial charge is 0.326 e. The smallest absolute Gasteiger partial charge is 0.314 e. The van der Waals surface area contributed by atoms with Gasteiger partial charge in [-0.3, -0.25) is 4.57 Å². The molecule has 0 aliphatic rings.